The summed E-state index contributed by atoms with van der Waals surface area (Å²) in [5.74, 6) is -1.02. The van der Waals surface area contributed by atoms with Gasteiger partial charge in [-0.25, -0.2) is 4.79 Å². The summed E-state index contributed by atoms with van der Waals surface area (Å²) in [5, 5.41) is 12.3. The van der Waals surface area contributed by atoms with Gasteiger partial charge in [0.1, 0.15) is 0 Å². The van der Waals surface area contributed by atoms with Crippen LogP contribution in [0, 0.1) is 0 Å². The van der Waals surface area contributed by atoms with Crippen molar-refractivity contribution in [1.29, 1.82) is 0 Å². The Morgan fingerprint density at radius 2 is 2.00 bits per heavy atom. The van der Waals surface area contributed by atoms with Crippen molar-refractivity contribution in [2.75, 3.05) is 18.2 Å². The van der Waals surface area contributed by atoms with Crippen molar-refractivity contribution in [1.82, 2.24) is 0 Å². The molecule has 0 heterocycles. The molecular weight excluding hydrogens is 256 g/mol. The van der Waals surface area contributed by atoms with E-state index >= 15 is 0 Å². The average Bonchev–Trinajstić information content (AvgIpc) is 2.43. The van der Waals surface area contributed by atoms with Crippen molar-refractivity contribution in [2.45, 2.75) is 6.61 Å². The molecule has 0 unspecified atom stereocenters. The van der Waals surface area contributed by atoms with Crippen LogP contribution in [0.2, 0.25) is 0 Å². The van der Waals surface area contributed by atoms with Gasteiger partial charge in [0.25, 0.3) is 0 Å². The van der Waals surface area contributed by atoms with Crippen LogP contribution >= 0.6 is 0 Å². The summed E-state index contributed by atoms with van der Waals surface area (Å²) >= 11 is 0. The molecule has 0 aliphatic rings. The van der Waals surface area contributed by atoms with Crippen LogP contribution in [0.5, 0.6) is 0 Å². The number of nitrogens with two attached hydrogens (primary N) is 1. The maximum Gasteiger partial charge on any atom is 0.337 e. The monoisotopic (exact) mass is 272 g/mol. The summed E-state index contributed by atoms with van der Waals surface area (Å²) in [6, 6.07) is 12.3. The van der Waals surface area contributed by atoms with E-state index in [2.05, 4.69) is 5.32 Å². The van der Waals surface area contributed by atoms with Crippen LogP contribution < -0.4 is 11.1 Å². The van der Waals surface area contributed by atoms with Crippen molar-refractivity contribution in [3.05, 3.63) is 53.6 Å². The molecule has 5 nitrogen and oxygen atoms in total. The van der Waals surface area contributed by atoms with Crippen LogP contribution in [-0.4, -0.2) is 18.2 Å². The Labute approximate surface area is 117 Å². The molecule has 2 aromatic carbocycles. The maximum absolute atomic E-state index is 11.3. The van der Waals surface area contributed by atoms with Crippen LogP contribution in [0.25, 0.3) is 0 Å². The van der Waals surface area contributed by atoms with E-state index in [1.54, 1.807) is 19.2 Å². The highest BCUT2D eigenvalue weighted by Crippen LogP contribution is 2.26. The number of para-hydroxylation sites is 1. The van der Waals surface area contributed by atoms with Crippen molar-refractivity contribution in [2.24, 2.45) is 0 Å². The maximum atomic E-state index is 11.3. The molecule has 0 aliphatic heterocycles. The minimum atomic E-state index is -1.02. The zero-order valence-corrected chi connectivity index (χ0v) is 11.1. The fourth-order valence-electron chi connectivity index (χ4n) is 1.92. The van der Waals surface area contributed by atoms with Gasteiger partial charge in [-0.3, -0.25) is 0 Å². The Balaban J connectivity index is 2.37. The number of aromatic carboxylic acids is 1. The van der Waals surface area contributed by atoms with Gasteiger partial charge in [0, 0.05) is 24.0 Å². The Morgan fingerprint density at radius 3 is 2.70 bits per heavy atom. The number of nitrogens with one attached hydrogen (secondary N) is 1. The molecule has 0 atom stereocenters. The lowest BCUT2D eigenvalue weighted by molar-refractivity contribution is 0.0698. The first-order valence-electron chi connectivity index (χ1n) is 6.08. The summed E-state index contributed by atoms with van der Waals surface area (Å²) in [6.07, 6.45) is 0. The van der Waals surface area contributed by atoms with E-state index < -0.39 is 5.97 Å². The first-order chi connectivity index (χ1) is 9.61. The fourth-order valence-corrected chi connectivity index (χ4v) is 1.92. The largest absolute Gasteiger partial charge is 0.478 e. The lowest BCUT2D eigenvalue weighted by Gasteiger charge is -2.13. The van der Waals surface area contributed by atoms with Crippen LogP contribution in [-0.2, 0) is 11.3 Å². The van der Waals surface area contributed by atoms with Crippen molar-refractivity contribution < 1.29 is 14.6 Å². The molecule has 104 valence electrons. The number of carboxylic acid groups (broad SMARTS) is 1. The number of methoxy groups -OCH3 is 1. The van der Waals surface area contributed by atoms with E-state index in [9.17, 15) is 9.90 Å². The Hall–Kier alpha value is -2.53. The molecule has 0 bridgehead atoms. The van der Waals surface area contributed by atoms with Gasteiger partial charge in [-0.05, 0) is 24.3 Å². The predicted octanol–water partition coefficient (Wildman–Crippen LogP) is 2.86. The molecule has 0 fully saturated rings. The minimum Gasteiger partial charge on any atom is -0.478 e. The number of hydrogen-bond acceptors (Lipinski definition) is 4. The summed E-state index contributed by atoms with van der Waals surface area (Å²) in [7, 11) is 1.61. The molecule has 2 aromatic rings. The SMILES string of the molecule is COCc1ccccc1Nc1ccc(N)cc1C(=O)O. The second-order valence-electron chi connectivity index (χ2n) is 4.33. The van der Waals surface area contributed by atoms with Crippen LogP contribution in [0.15, 0.2) is 42.5 Å². The Kier molecular flexibility index (Phi) is 4.22. The lowest BCUT2D eigenvalue weighted by Crippen LogP contribution is -2.05. The molecule has 0 saturated carbocycles. The fraction of sp³-hybridized carbons (Fsp3) is 0.133. The number of carboxylic acids is 1. The molecule has 0 spiro atoms. The summed E-state index contributed by atoms with van der Waals surface area (Å²) in [4.78, 5) is 11.3. The Bertz CT molecular complexity index is 626. The summed E-state index contributed by atoms with van der Waals surface area (Å²) in [6.45, 7) is 0.445. The van der Waals surface area contributed by atoms with Crippen LogP contribution in [0.4, 0.5) is 17.1 Å². The van der Waals surface area contributed by atoms with Gasteiger partial charge in [0.05, 0.1) is 17.9 Å². The smallest absolute Gasteiger partial charge is 0.337 e. The van der Waals surface area contributed by atoms with Gasteiger partial charge >= 0.3 is 5.97 Å². The van der Waals surface area contributed by atoms with E-state index in [1.807, 2.05) is 24.3 Å². The number of ether oxygens (including phenoxy) is 1. The summed E-state index contributed by atoms with van der Waals surface area (Å²) < 4.78 is 5.13. The molecule has 0 aliphatic carbocycles. The van der Waals surface area contributed by atoms with Crippen LogP contribution in [0.3, 0.4) is 0 Å². The van der Waals surface area contributed by atoms with Crippen molar-refractivity contribution in [3.63, 3.8) is 0 Å². The molecule has 20 heavy (non-hydrogen) atoms. The van der Waals surface area contributed by atoms with Crippen LogP contribution in [0.1, 0.15) is 15.9 Å². The summed E-state index contributed by atoms with van der Waals surface area (Å²) in [5.41, 5.74) is 8.43. The predicted molar refractivity (Wildman–Crippen MR) is 78.3 cm³/mol. The van der Waals surface area contributed by atoms with E-state index in [-0.39, 0.29) is 5.56 Å². The standard InChI is InChI=1S/C15H16N2O3/c1-20-9-10-4-2-3-5-13(10)17-14-7-6-11(16)8-12(14)15(18)19/h2-8,17H,9,16H2,1H3,(H,18,19). The molecule has 0 saturated heterocycles. The van der Waals surface area contributed by atoms with E-state index in [4.69, 9.17) is 10.5 Å². The third kappa shape index (κ3) is 3.07. The quantitative estimate of drug-likeness (QED) is 0.729. The first-order valence-corrected chi connectivity index (χ1v) is 6.08. The zero-order valence-electron chi connectivity index (χ0n) is 11.1. The highest BCUT2D eigenvalue weighted by molar-refractivity contribution is 5.96. The van der Waals surface area contributed by atoms with Gasteiger partial charge in [-0.1, -0.05) is 18.2 Å². The third-order valence-corrected chi connectivity index (χ3v) is 2.86. The van der Waals surface area contributed by atoms with Crippen molar-refractivity contribution >= 4 is 23.0 Å². The highest BCUT2D eigenvalue weighted by Gasteiger charge is 2.11. The number of hydrogen-bond donors (Lipinski definition) is 3. The molecular formula is C15H16N2O3. The van der Waals surface area contributed by atoms with Gasteiger partial charge in [-0.15, -0.1) is 0 Å². The van der Waals surface area contributed by atoms with Gasteiger partial charge in [-0.2, -0.15) is 0 Å². The van der Waals surface area contributed by atoms with Gasteiger partial charge in [0.15, 0.2) is 0 Å². The van der Waals surface area contributed by atoms with E-state index in [1.165, 1.54) is 6.07 Å². The van der Waals surface area contributed by atoms with Crippen molar-refractivity contribution in [3.8, 4) is 0 Å². The number of benzene rings is 2. The topological polar surface area (TPSA) is 84.6 Å². The number of carbonyl (C=O) groups is 1. The lowest BCUT2D eigenvalue weighted by atomic mass is 10.1. The number of nitrogen functional groups attached to an aromatic ring is 1. The molecule has 2 rings (SSSR count). The third-order valence-electron chi connectivity index (χ3n) is 2.86. The molecule has 5 heteroatoms. The Morgan fingerprint density at radius 1 is 1.25 bits per heavy atom. The first kappa shape index (κ1) is 13.9. The average molecular weight is 272 g/mol. The second kappa shape index (κ2) is 6.08. The molecule has 0 amide bonds. The van der Waals surface area contributed by atoms with E-state index in [0.717, 1.165) is 11.3 Å². The minimum absolute atomic E-state index is 0.136. The number of rotatable bonds is 5. The van der Waals surface area contributed by atoms with E-state index in [0.29, 0.717) is 18.0 Å². The molecule has 0 aromatic heterocycles. The second-order valence-corrected chi connectivity index (χ2v) is 4.33. The molecule has 4 N–H and O–H groups in total. The highest BCUT2D eigenvalue weighted by atomic mass is 16.5. The van der Waals surface area contributed by atoms with Gasteiger partial charge < -0.3 is 20.9 Å². The molecule has 0 radical (unpaired) electrons. The van der Waals surface area contributed by atoms with Gasteiger partial charge in [0.2, 0.25) is 0 Å². The zero-order chi connectivity index (χ0) is 14.5. The normalized spacial score (nSPS) is 10.2. The number of anilines is 3.